The molecule has 1 aromatic carbocycles. The third-order valence-corrected chi connectivity index (χ3v) is 6.74. The van der Waals surface area contributed by atoms with E-state index >= 15 is 0 Å². The maximum atomic E-state index is 12.8. The van der Waals surface area contributed by atoms with Crippen molar-refractivity contribution in [2.24, 2.45) is 11.1 Å². The second kappa shape index (κ2) is 15.0. The molecule has 0 bridgehead atoms. The Morgan fingerprint density at radius 1 is 1.03 bits per heavy atom. The van der Waals surface area contributed by atoms with Crippen LogP contribution in [0.25, 0.3) is 0 Å². The van der Waals surface area contributed by atoms with Gasteiger partial charge in [-0.05, 0) is 62.5 Å². The summed E-state index contributed by atoms with van der Waals surface area (Å²) in [6.07, 6.45) is 2.82. The smallest absolute Gasteiger partial charge is 0.246 e. The van der Waals surface area contributed by atoms with E-state index in [9.17, 15) is 22.8 Å². The van der Waals surface area contributed by atoms with Crippen molar-refractivity contribution in [3.63, 3.8) is 0 Å². The molecule has 5 N–H and O–H groups in total. The van der Waals surface area contributed by atoms with Crippen LogP contribution in [0.5, 0.6) is 0 Å². The summed E-state index contributed by atoms with van der Waals surface area (Å²) in [6, 6.07) is 6.06. The van der Waals surface area contributed by atoms with Gasteiger partial charge in [0.25, 0.3) is 0 Å². The van der Waals surface area contributed by atoms with Gasteiger partial charge in [0.15, 0.2) is 0 Å². The SMILES string of the molecule is CC(C)CNCC(=O)N(CCc1ccc(S(N)(=O)=O)cc1)CC(=O)NC(=O)CNCCN1CCCC1. The average Bonchev–Trinajstić information content (AvgIpc) is 3.32. The normalized spacial score (nSPS) is 14.2. The van der Waals surface area contributed by atoms with Crippen LogP contribution in [0.15, 0.2) is 29.2 Å². The van der Waals surface area contributed by atoms with Crippen molar-refractivity contribution in [3.05, 3.63) is 29.8 Å². The van der Waals surface area contributed by atoms with Gasteiger partial charge < -0.3 is 20.4 Å². The Morgan fingerprint density at radius 2 is 1.69 bits per heavy atom. The summed E-state index contributed by atoms with van der Waals surface area (Å²) in [4.78, 5) is 41.2. The van der Waals surface area contributed by atoms with Gasteiger partial charge in [-0.2, -0.15) is 0 Å². The van der Waals surface area contributed by atoms with Gasteiger partial charge in [-0.3, -0.25) is 19.7 Å². The summed E-state index contributed by atoms with van der Waals surface area (Å²) in [6.45, 7) is 8.48. The number of carbonyl (C=O) groups excluding carboxylic acids is 3. The number of carbonyl (C=O) groups is 3. The second-order valence-electron chi connectivity index (χ2n) is 9.48. The fourth-order valence-electron chi connectivity index (χ4n) is 3.84. The lowest BCUT2D eigenvalue weighted by Gasteiger charge is -2.23. The summed E-state index contributed by atoms with van der Waals surface area (Å²) >= 11 is 0. The summed E-state index contributed by atoms with van der Waals surface area (Å²) in [5, 5.41) is 13.6. The van der Waals surface area contributed by atoms with Crippen LogP contribution in [0.4, 0.5) is 0 Å². The number of imide groups is 1. The number of sulfonamides is 1. The lowest BCUT2D eigenvalue weighted by atomic mass is 10.1. The molecule has 202 valence electrons. The number of hydrogen-bond donors (Lipinski definition) is 4. The molecule has 3 amide bonds. The zero-order valence-corrected chi connectivity index (χ0v) is 22.1. The van der Waals surface area contributed by atoms with E-state index in [1.165, 1.54) is 29.9 Å². The second-order valence-corrected chi connectivity index (χ2v) is 11.0. The van der Waals surface area contributed by atoms with Crippen LogP contribution < -0.4 is 21.1 Å². The molecule has 1 fully saturated rings. The maximum Gasteiger partial charge on any atom is 0.246 e. The molecule has 0 unspecified atom stereocenters. The number of benzene rings is 1. The summed E-state index contributed by atoms with van der Waals surface area (Å²) in [5.41, 5.74) is 0.786. The molecule has 0 spiro atoms. The molecule has 36 heavy (non-hydrogen) atoms. The van der Waals surface area contributed by atoms with E-state index in [4.69, 9.17) is 5.14 Å². The highest BCUT2D eigenvalue weighted by atomic mass is 32.2. The zero-order valence-electron chi connectivity index (χ0n) is 21.3. The third-order valence-electron chi connectivity index (χ3n) is 5.81. The van der Waals surface area contributed by atoms with Gasteiger partial charge in [0.05, 0.1) is 24.5 Å². The van der Waals surface area contributed by atoms with Crippen molar-refractivity contribution >= 4 is 27.7 Å². The number of rotatable bonds is 15. The highest BCUT2D eigenvalue weighted by molar-refractivity contribution is 7.89. The van der Waals surface area contributed by atoms with E-state index in [1.54, 1.807) is 12.1 Å². The van der Waals surface area contributed by atoms with E-state index in [0.717, 1.165) is 25.2 Å². The minimum atomic E-state index is -3.79. The number of amides is 3. The molecule has 12 heteroatoms. The van der Waals surface area contributed by atoms with Gasteiger partial charge in [0.1, 0.15) is 0 Å². The van der Waals surface area contributed by atoms with Crippen LogP contribution >= 0.6 is 0 Å². The fourth-order valence-corrected chi connectivity index (χ4v) is 4.35. The molecule has 11 nitrogen and oxygen atoms in total. The van der Waals surface area contributed by atoms with Crippen molar-refractivity contribution in [2.75, 3.05) is 58.9 Å². The Labute approximate surface area is 214 Å². The molecular weight excluding hydrogens is 484 g/mol. The Morgan fingerprint density at radius 3 is 2.31 bits per heavy atom. The monoisotopic (exact) mass is 524 g/mol. The Kier molecular flexibility index (Phi) is 12.4. The Bertz CT molecular complexity index is 962. The lowest BCUT2D eigenvalue weighted by molar-refractivity contribution is -0.137. The number of nitrogens with one attached hydrogen (secondary N) is 3. The average molecular weight is 525 g/mol. The van der Waals surface area contributed by atoms with Crippen molar-refractivity contribution in [3.8, 4) is 0 Å². The highest BCUT2D eigenvalue weighted by Gasteiger charge is 2.19. The first kappa shape index (κ1) is 29.8. The zero-order chi connectivity index (χ0) is 26.6. The van der Waals surface area contributed by atoms with Crippen LogP contribution in [-0.2, 0) is 30.8 Å². The fraction of sp³-hybridized carbons (Fsp3) is 0.625. The van der Waals surface area contributed by atoms with E-state index in [0.29, 0.717) is 25.4 Å². The molecule has 0 aliphatic carbocycles. The minimum Gasteiger partial charge on any atom is -0.332 e. The van der Waals surface area contributed by atoms with Gasteiger partial charge in [-0.1, -0.05) is 26.0 Å². The molecule has 0 aromatic heterocycles. The topological polar surface area (TPSA) is 154 Å². The standard InChI is InChI=1S/C24H40N6O5S/c1-19(2)15-27-17-24(33)30(13-9-20-5-7-21(8-6-20)36(25,34)35)18-23(32)28-22(31)16-26-10-14-29-11-3-4-12-29/h5-8,19,26-27H,3-4,9-18H2,1-2H3,(H2,25,34,35)(H,28,31,32). The Hall–Kier alpha value is -2.38. The molecule has 0 saturated carbocycles. The van der Waals surface area contributed by atoms with Gasteiger partial charge in [0.2, 0.25) is 27.7 Å². The molecule has 1 aliphatic heterocycles. The first-order valence-electron chi connectivity index (χ1n) is 12.4. The van der Waals surface area contributed by atoms with Gasteiger partial charge in [0, 0.05) is 19.6 Å². The van der Waals surface area contributed by atoms with Gasteiger partial charge in [-0.25, -0.2) is 13.6 Å². The molecule has 0 atom stereocenters. The summed E-state index contributed by atoms with van der Waals surface area (Å²) < 4.78 is 22.9. The number of hydrogen-bond acceptors (Lipinski definition) is 8. The Balaban J connectivity index is 1.86. The van der Waals surface area contributed by atoms with Crippen LogP contribution in [-0.4, -0.2) is 94.8 Å². The maximum absolute atomic E-state index is 12.8. The predicted molar refractivity (Wildman–Crippen MR) is 138 cm³/mol. The number of nitrogens with two attached hydrogens (primary N) is 1. The van der Waals surface area contributed by atoms with E-state index < -0.39 is 21.8 Å². The molecule has 2 rings (SSSR count). The third kappa shape index (κ3) is 11.6. The molecule has 1 heterocycles. The van der Waals surface area contributed by atoms with Crippen LogP contribution in [0.2, 0.25) is 0 Å². The van der Waals surface area contributed by atoms with Crippen LogP contribution in [0, 0.1) is 5.92 Å². The van der Waals surface area contributed by atoms with E-state index in [1.807, 2.05) is 13.8 Å². The van der Waals surface area contributed by atoms with Gasteiger partial charge in [-0.15, -0.1) is 0 Å². The number of nitrogens with zero attached hydrogens (tertiary/aromatic N) is 2. The lowest BCUT2D eigenvalue weighted by Crippen LogP contribution is -2.48. The molecule has 1 aliphatic rings. The van der Waals surface area contributed by atoms with E-state index in [2.05, 4.69) is 20.9 Å². The van der Waals surface area contributed by atoms with E-state index in [-0.39, 0.29) is 37.0 Å². The molecule has 0 radical (unpaired) electrons. The van der Waals surface area contributed by atoms with Crippen molar-refractivity contribution < 1.29 is 22.8 Å². The first-order chi connectivity index (χ1) is 17.0. The molecule has 1 saturated heterocycles. The highest BCUT2D eigenvalue weighted by Crippen LogP contribution is 2.10. The minimum absolute atomic E-state index is 0.00370. The van der Waals surface area contributed by atoms with Crippen molar-refractivity contribution in [1.29, 1.82) is 0 Å². The summed E-state index contributed by atoms with van der Waals surface area (Å²) in [5.74, 6) is -0.890. The largest absolute Gasteiger partial charge is 0.332 e. The van der Waals surface area contributed by atoms with Crippen LogP contribution in [0.1, 0.15) is 32.3 Å². The summed E-state index contributed by atoms with van der Waals surface area (Å²) in [7, 11) is -3.79. The van der Waals surface area contributed by atoms with Crippen molar-refractivity contribution in [2.45, 2.75) is 38.0 Å². The number of likely N-dealkylation sites (tertiary alicyclic amines) is 1. The molecular formula is C24H40N6O5S. The number of primary sulfonamides is 1. The van der Waals surface area contributed by atoms with Crippen LogP contribution in [0.3, 0.4) is 0 Å². The van der Waals surface area contributed by atoms with Crippen molar-refractivity contribution in [1.82, 2.24) is 25.8 Å². The first-order valence-corrected chi connectivity index (χ1v) is 13.9. The molecule has 1 aromatic rings. The van der Waals surface area contributed by atoms with Gasteiger partial charge >= 0.3 is 0 Å². The quantitative estimate of drug-likeness (QED) is 0.219. The predicted octanol–water partition coefficient (Wildman–Crippen LogP) is -0.721.